The van der Waals surface area contributed by atoms with Gasteiger partial charge in [-0.05, 0) is 84.9 Å². The van der Waals surface area contributed by atoms with Crippen LogP contribution >= 0.6 is 11.6 Å². The van der Waals surface area contributed by atoms with Gasteiger partial charge in [0.1, 0.15) is 30.8 Å². The zero-order chi connectivity index (χ0) is 72.8. The van der Waals surface area contributed by atoms with E-state index in [1.54, 1.807) is 103 Å². The van der Waals surface area contributed by atoms with E-state index >= 15 is 0 Å². The average Bonchev–Trinajstić information content (AvgIpc) is 0.780. The Balaban J connectivity index is 1.08. The van der Waals surface area contributed by atoms with Gasteiger partial charge in [0.05, 0.1) is 58.8 Å². The molecule has 7 aromatic rings. The van der Waals surface area contributed by atoms with Gasteiger partial charge in [-0.1, -0.05) is 133 Å². The first-order valence-electron chi connectivity index (χ1n) is 32.3. The van der Waals surface area contributed by atoms with Crippen molar-refractivity contribution in [1.29, 1.82) is 0 Å². The lowest BCUT2D eigenvalue weighted by atomic mass is 9.96. The van der Waals surface area contributed by atoms with Gasteiger partial charge in [-0.25, -0.2) is 33.6 Å². The molecule has 0 spiro atoms. The van der Waals surface area contributed by atoms with Gasteiger partial charge in [0.25, 0.3) is 0 Å². The molecular formula is C76H69ClO26. The number of alkyl halides is 1. The van der Waals surface area contributed by atoms with E-state index in [4.69, 9.17) is 87.4 Å². The highest BCUT2D eigenvalue weighted by molar-refractivity contribution is 6.26. The zero-order valence-electron chi connectivity index (χ0n) is 55.2. The first-order valence-corrected chi connectivity index (χ1v) is 32.8. The highest BCUT2D eigenvalue weighted by Gasteiger charge is 2.58. The van der Waals surface area contributed by atoms with Crippen molar-refractivity contribution >= 4 is 71.3 Å². The van der Waals surface area contributed by atoms with Gasteiger partial charge < -0.3 is 75.8 Å². The molecule has 3 saturated heterocycles. The van der Waals surface area contributed by atoms with Crippen molar-refractivity contribution in [2.45, 2.75) is 106 Å². The van der Waals surface area contributed by atoms with Gasteiger partial charge in [-0.15, -0.1) is 18.2 Å². The minimum Gasteiger partial charge on any atom is -0.459 e. The Labute approximate surface area is 594 Å². The molecule has 536 valence electrons. The fourth-order valence-corrected chi connectivity index (χ4v) is 11.2. The molecule has 3 aliphatic rings. The molecule has 10 rings (SSSR count). The fraction of sp³-hybridized carbons (Fsp3) is 0.289. The monoisotopic (exact) mass is 1430 g/mol. The van der Waals surface area contributed by atoms with Crippen LogP contribution in [0.25, 0.3) is 0 Å². The second kappa shape index (κ2) is 36.6. The molecule has 0 aromatic heterocycles. The Kier molecular flexibility index (Phi) is 26.5. The molecule has 0 bridgehead atoms. The summed E-state index contributed by atoms with van der Waals surface area (Å²) in [7, 11) is 0. The molecule has 0 saturated carbocycles. The summed E-state index contributed by atoms with van der Waals surface area (Å²) in [5.74, 6) is -11.0. The van der Waals surface area contributed by atoms with E-state index in [-0.39, 0.29) is 45.6 Å². The van der Waals surface area contributed by atoms with Crippen molar-refractivity contribution in [1.82, 2.24) is 0 Å². The predicted molar refractivity (Wildman–Crippen MR) is 356 cm³/mol. The molecule has 0 N–H and O–H groups in total. The molecule has 0 aliphatic carbocycles. The van der Waals surface area contributed by atoms with Gasteiger partial charge in [0, 0.05) is 13.8 Å². The van der Waals surface area contributed by atoms with Crippen molar-refractivity contribution in [3.05, 3.63) is 264 Å². The van der Waals surface area contributed by atoms with Crippen LogP contribution in [0.3, 0.4) is 0 Å². The van der Waals surface area contributed by atoms with Crippen LogP contribution in [0, 0.1) is 0 Å². The van der Waals surface area contributed by atoms with Crippen molar-refractivity contribution in [2.75, 3.05) is 32.3 Å². The van der Waals surface area contributed by atoms with Crippen LogP contribution in [-0.4, -0.2) is 184 Å². The number of carbonyl (C=O) groups is 10. The van der Waals surface area contributed by atoms with E-state index in [0.29, 0.717) is 0 Å². The third kappa shape index (κ3) is 20.0. The smallest absolute Gasteiger partial charge is 0.338 e. The largest absolute Gasteiger partial charge is 0.459 e. The van der Waals surface area contributed by atoms with Gasteiger partial charge in [-0.3, -0.25) is 14.4 Å². The topological polar surface area (TPSA) is 318 Å². The molecule has 0 unspecified atom stereocenters. The highest BCUT2D eigenvalue weighted by atomic mass is 35.5. The summed E-state index contributed by atoms with van der Waals surface area (Å²) in [6.07, 6.45) is -26.8. The third-order valence-corrected chi connectivity index (χ3v) is 16.1. The van der Waals surface area contributed by atoms with E-state index in [0.717, 1.165) is 13.8 Å². The number of halogens is 1. The first kappa shape index (κ1) is 74.7. The number of rotatable bonds is 28. The van der Waals surface area contributed by atoms with Crippen molar-refractivity contribution in [2.24, 2.45) is 0 Å². The molecule has 103 heavy (non-hydrogen) atoms. The van der Waals surface area contributed by atoms with Crippen LogP contribution in [0.5, 0.6) is 0 Å². The lowest BCUT2D eigenvalue weighted by Crippen LogP contribution is -2.66. The number of hydrogen-bond acceptors (Lipinski definition) is 26. The zero-order valence-corrected chi connectivity index (χ0v) is 55.9. The Morgan fingerprint density at radius 1 is 0.320 bits per heavy atom. The Morgan fingerprint density at radius 2 is 0.563 bits per heavy atom. The van der Waals surface area contributed by atoms with Crippen LogP contribution in [-0.2, 0) is 90.2 Å². The van der Waals surface area contributed by atoms with E-state index in [1.807, 2.05) is 0 Å². The maximum absolute atomic E-state index is 14.7. The molecule has 3 heterocycles. The minimum absolute atomic E-state index is 0.00292. The lowest BCUT2D eigenvalue weighted by molar-refractivity contribution is -0.341. The van der Waals surface area contributed by atoms with E-state index in [9.17, 15) is 47.9 Å². The summed E-state index contributed by atoms with van der Waals surface area (Å²) in [6, 6.07) is 53.1. The highest BCUT2D eigenvalue weighted by Crippen LogP contribution is 2.37. The predicted octanol–water partition coefficient (Wildman–Crippen LogP) is 8.62. The fourth-order valence-electron chi connectivity index (χ4n) is 11.2. The van der Waals surface area contributed by atoms with Crippen LogP contribution in [0.4, 0.5) is 0 Å². The molecular weight excluding hydrogens is 1360 g/mol. The lowest BCUT2D eigenvalue weighted by Gasteiger charge is -2.47. The molecule has 15 atom stereocenters. The Morgan fingerprint density at radius 3 is 0.825 bits per heavy atom. The van der Waals surface area contributed by atoms with E-state index in [2.05, 4.69) is 6.58 Å². The minimum atomic E-state index is -2.10. The molecule has 0 amide bonds. The molecule has 26 nitrogen and oxygen atoms in total. The quantitative estimate of drug-likeness (QED) is 0.0192. The molecule has 27 heteroatoms. The summed E-state index contributed by atoms with van der Waals surface area (Å²) >= 11 is 6.17. The maximum Gasteiger partial charge on any atom is 0.338 e. The number of carbonyl (C=O) groups excluding carboxylic acids is 10. The second-order valence-electron chi connectivity index (χ2n) is 23.0. The Bertz CT molecular complexity index is 4030. The van der Waals surface area contributed by atoms with Crippen molar-refractivity contribution in [3.63, 3.8) is 0 Å². The summed E-state index contributed by atoms with van der Waals surface area (Å²) in [5, 5.41) is 0. The van der Waals surface area contributed by atoms with Gasteiger partial charge in [-0.2, -0.15) is 0 Å². The summed E-state index contributed by atoms with van der Waals surface area (Å²) in [6.45, 7) is 2.91. The van der Waals surface area contributed by atoms with Crippen LogP contribution < -0.4 is 0 Å². The standard InChI is InChI=1S/C76H69ClO26/c1-4-40-88-74-64(92-45(2)78)61(101-71(85)51-34-20-9-21-35-51)59(99-69(83)49-30-16-7-17-31-49)55(94-74)43-91-76-66(97-57(80)41-77)63(103-73(87)53-38-24-11-25-39-53)60(100-70(84)50-32-18-8-19-33-50)56(96-76)44-90-75-65(93-46(3)79)62(102-72(86)52-36-22-10-23-37-52)58(98-68(82)48-28-14-6-15-29-48)54(95-75)42-89-67(81)47-26-12-5-13-27-47/h4-39,54-56,58-66,74-76H,1,40-44H2,2-3H3/t54-,55-,56-,58-,59-,60-,61+,62+,63+,64+,65+,66+,74+,75+,76+/m1/s1. The summed E-state index contributed by atoms with van der Waals surface area (Å²) in [5.41, 5.74) is -0.0478. The van der Waals surface area contributed by atoms with Crippen LogP contribution in [0.15, 0.2) is 225 Å². The number of ether oxygens (including phenoxy) is 16. The normalized spacial score (nSPS) is 24.2. The van der Waals surface area contributed by atoms with Gasteiger partial charge in [0.2, 0.25) is 0 Å². The average molecular weight is 1430 g/mol. The van der Waals surface area contributed by atoms with Crippen molar-refractivity contribution < 1.29 is 124 Å². The summed E-state index contributed by atoms with van der Waals surface area (Å²) in [4.78, 5) is 141. The molecule has 7 aromatic carbocycles. The first-order chi connectivity index (χ1) is 50.0. The maximum atomic E-state index is 14.7. The van der Waals surface area contributed by atoms with E-state index < -0.39 is 178 Å². The molecule has 3 aliphatic heterocycles. The molecule has 0 radical (unpaired) electrons. The third-order valence-electron chi connectivity index (χ3n) is 15.9. The summed E-state index contributed by atoms with van der Waals surface area (Å²) < 4.78 is 99.9. The SMILES string of the molecule is C=CCO[C@H]1O[C@H](CO[C@H]2O[C@H](CO[C@H]3O[C@H](COC(=O)c4ccccc4)[C@@H](OC(=O)c4ccccc4)[C@H](OC(=O)c4ccccc4)[C@@H]3OC(C)=O)[C@@H](OC(=O)c3ccccc3)[C@H](OC(=O)c3ccccc3)[C@@H]2OC(=O)CCl)[C@@H](OC(=O)c2ccccc2)[C@H](OC(=O)c2ccccc2)[C@@H]1OC(C)=O. The van der Waals surface area contributed by atoms with E-state index in [1.165, 1.54) is 115 Å². The second-order valence-corrected chi connectivity index (χ2v) is 23.3. The van der Waals surface area contributed by atoms with Gasteiger partial charge >= 0.3 is 59.7 Å². The van der Waals surface area contributed by atoms with Gasteiger partial charge in [0.15, 0.2) is 73.8 Å². The number of benzene rings is 7. The Hall–Kier alpha value is -11.0. The number of esters is 10. The number of hydrogen-bond donors (Lipinski definition) is 0. The van der Waals surface area contributed by atoms with Crippen LogP contribution in [0.2, 0.25) is 0 Å². The van der Waals surface area contributed by atoms with Crippen molar-refractivity contribution in [3.8, 4) is 0 Å². The molecule has 3 fully saturated rings. The van der Waals surface area contributed by atoms with Crippen LogP contribution in [0.1, 0.15) is 86.4 Å².